The summed E-state index contributed by atoms with van der Waals surface area (Å²) in [6, 6.07) is 0. The van der Waals surface area contributed by atoms with E-state index in [2.05, 4.69) is 10.6 Å². The second kappa shape index (κ2) is 6.89. The number of amides is 2. The highest BCUT2D eigenvalue weighted by Crippen LogP contribution is 2.44. The first-order valence-corrected chi connectivity index (χ1v) is 8.00. The van der Waals surface area contributed by atoms with Crippen LogP contribution < -0.4 is 10.6 Å². The van der Waals surface area contributed by atoms with E-state index in [1.54, 1.807) is 0 Å². The predicted octanol–water partition coefficient (Wildman–Crippen LogP) is 1.35. The van der Waals surface area contributed by atoms with Gasteiger partial charge < -0.3 is 15.7 Å². The Bertz CT molecular complexity index is 419. The average Bonchev–Trinajstić information content (AvgIpc) is 2.93. The van der Waals surface area contributed by atoms with Crippen molar-refractivity contribution >= 4 is 11.8 Å². The van der Waals surface area contributed by atoms with E-state index in [-0.39, 0.29) is 31.8 Å². The quantitative estimate of drug-likeness (QED) is 0.620. The average molecular weight is 318 g/mol. The maximum absolute atomic E-state index is 13.8. The molecule has 0 aliphatic heterocycles. The maximum Gasteiger partial charge on any atom is 0.352 e. The topological polar surface area (TPSA) is 78.4 Å². The molecule has 0 atom stereocenters. The Morgan fingerprint density at radius 2 is 1.68 bits per heavy atom. The molecule has 22 heavy (non-hydrogen) atoms. The van der Waals surface area contributed by atoms with Crippen molar-refractivity contribution < 1.29 is 23.5 Å². The van der Waals surface area contributed by atoms with E-state index in [0.717, 1.165) is 25.7 Å². The van der Waals surface area contributed by atoms with E-state index < -0.39 is 17.4 Å². The van der Waals surface area contributed by atoms with Gasteiger partial charge in [0.1, 0.15) is 5.60 Å². The summed E-state index contributed by atoms with van der Waals surface area (Å²) in [5, 5.41) is 14.3. The molecule has 0 radical (unpaired) electrons. The molecule has 2 saturated carbocycles. The number of hydrogen-bond donors (Lipinski definition) is 3. The summed E-state index contributed by atoms with van der Waals surface area (Å²) in [4.78, 5) is 23.1. The molecule has 3 N–H and O–H groups in total. The molecular weight excluding hydrogens is 294 g/mol. The number of aliphatic hydroxyl groups is 1. The monoisotopic (exact) mass is 318 g/mol. The molecule has 2 aliphatic carbocycles. The summed E-state index contributed by atoms with van der Waals surface area (Å²) in [5.74, 6) is -4.93. The van der Waals surface area contributed by atoms with Gasteiger partial charge in [-0.3, -0.25) is 9.59 Å². The van der Waals surface area contributed by atoms with Gasteiger partial charge in [0.2, 0.25) is 5.91 Å². The summed E-state index contributed by atoms with van der Waals surface area (Å²) in [5.41, 5.74) is -2.21. The summed E-state index contributed by atoms with van der Waals surface area (Å²) >= 11 is 0. The third kappa shape index (κ3) is 3.74. The normalized spacial score (nSPS) is 21.2. The van der Waals surface area contributed by atoms with Crippen molar-refractivity contribution in [2.45, 2.75) is 62.9 Å². The van der Waals surface area contributed by atoms with Gasteiger partial charge in [0.05, 0.1) is 0 Å². The van der Waals surface area contributed by atoms with Gasteiger partial charge in [0, 0.05) is 19.5 Å². The lowest BCUT2D eigenvalue weighted by Crippen LogP contribution is -2.61. The van der Waals surface area contributed by atoms with Crippen molar-refractivity contribution in [3.8, 4) is 0 Å². The molecule has 0 bridgehead atoms. The van der Waals surface area contributed by atoms with Crippen molar-refractivity contribution in [3.63, 3.8) is 0 Å². The molecule has 0 saturated heterocycles. The Balaban J connectivity index is 1.63. The Hall–Kier alpha value is -1.24. The van der Waals surface area contributed by atoms with Crippen LogP contribution in [0.25, 0.3) is 0 Å². The number of halogens is 2. The summed E-state index contributed by atoms with van der Waals surface area (Å²) < 4.78 is 27.5. The first-order valence-electron chi connectivity index (χ1n) is 8.00. The zero-order chi connectivity index (χ0) is 16.2. The van der Waals surface area contributed by atoms with Gasteiger partial charge in [-0.2, -0.15) is 8.78 Å². The number of nitrogens with one attached hydrogen (secondary N) is 2. The highest BCUT2D eigenvalue weighted by Gasteiger charge is 2.60. The summed E-state index contributed by atoms with van der Waals surface area (Å²) in [6.45, 7) is 0.0483. The Morgan fingerprint density at radius 1 is 1.09 bits per heavy atom. The van der Waals surface area contributed by atoms with Crippen LogP contribution in [-0.2, 0) is 9.59 Å². The minimum Gasteiger partial charge on any atom is -0.383 e. The minimum absolute atomic E-state index is 0.0639. The van der Waals surface area contributed by atoms with Crippen LogP contribution in [0.1, 0.15) is 51.4 Å². The molecule has 126 valence electrons. The fourth-order valence-corrected chi connectivity index (χ4v) is 3.07. The van der Waals surface area contributed by atoms with Gasteiger partial charge >= 0.3 is 5.92 Å². The van der Waals surface area contributed by atoms with E-state index in [1.807, 2.05) is 0 Å². The van der Waals surface area contributed by atoms with Crippen LogP contribution in [0.2, 0.25) is 0 Å². The predicted molar refractivity (Wildman–Crippen MR) is 76.3 cm³/mol. The molecule has 2 fully saturated rings. The standard InChI is InChI=1S/C15H24F2N2O3/c16-15(17,14(22)6-3-7-14)13(21)19-9-8-18-12(20)10-11-4-1-2-5-11/h11,22H,1-10H2,(H,18,20)(H,19,21). The third-order valence-corrected chi connectivity index (χ3v) is 4.73. The van der Waals surface area contributed by atoms with Gasteiger partial charge in [0.25, 0.3) is 5.91 Å². The van der Waals surface area contributed by atoms with Gasteiger partial charge in [-0.1, -0.05) is 12.8 Å². The van der Waals surface area contributed by atoms with E-state index in [1.165, 1.54) is 0 Å². The molecule has 0 unspecified atom stereocenters. The largest absolute Gasteiger partial charge is 0.383 e. The van der Waals surface area contributed by atoms with Crippen molar-refractivity contribution in [2.75, 3.05) is 13.1 Å². The number of rotatable bonds is 7. The highest BCUT2D eigenvalue weighted by molar-refractivity contribution is 5.85. The maximum atomic E-state index is 13.8. The van der Waals surface area contributed by atoms with Crippen LogP contribution in [0.5, 0.6) is 0 Å². The lowest BCUT2D eigenvalue weighted by molar-refractivity contribution is -0.215. The molecule has 5 nitrogen and oxygen atoms in total. The smallest absolute Gasteiger partial charge is 0.352 e. The Labute approximate surface area is 128 Å². The Kier molecular flexibility index (Phi) is 5.36. The van der Waals surface area contributed by atoms with Crippen molar-refractivity contribution in [3.05, 3.63) is 0 Å². The Morgan fingerprint density at radius 3 is 2.23 bits per heavy atom. The summed E-state index contributed by atoms with van der Waals surface area (Å²) in [6.07, 6.45) is 5.28. The first-order chi connectivity index (χ1) is 10.3. The molecule has 0 aromatic rings. The van der Waals surface area contributed by atoms with Crippen molar-refractivity contribution in [2.24, 2.45) is 5.92 Å². The lowest BCUT2D eigenvalue weighted by Gasteiger charge is -2.41. The third-order valence-electron chi connectivity index (χ3n) is 4.73. The van der Waals surface area contributed by atoms with E-state index >= 15 is 0 Å². The van der Waals surface area contributed by atoms with E-state index in [4.69, 9.17) is 0 Å². The molecule has 2 aliphatic rings. The SMILES string of the molecule is O=C(CC1CCCC1)NCCNC(=O)C(F)(F)C1(O)CCC1. The zero-order valence-corrected chi connectivity index (χ0v) is 12.7. The molecule has 0 aromatic carbocycles. The van der Waals surface area contributed by atoms with Crippen molar-refractivity contribution in [1.82, 2.24) is 10.6 Å². The fourth-order valence-electron chi connectivity index (χ4n) is 3.07. The molecular formula is C15H24F2N2O3. The zero-order valence-electron chi connectivity index (χ0n) is 12.7. The van der Waals surface area contributed by atoms with Gasteiger partial charge in [-0.25, -0.2) is 0 Å². The van der Waals surface area contributed by atoms with Crippen LogP contribution in [-0.4, -0.2) is 41.5 Å². The van der Waals surface area contributed by atoms with Gasteiger partial charge in [0.15, 0.2) is 0 Å². The second-order valence-corrected chi connectivity index (χ2v) is 6.42. The van der Waals surface area contributed by atoms with Crippen LogP contribution in [0, 0.1) is 5.92 Å². The number of hydrogen-bond acceptors (Lipinski definition) is 3. The first kappa shape index (κ1) is 17.1. The molecule has 7 heteroatoms. The van der Waals surface area contributed by atoms with E-state index in [9.17, 15) is 23.5 Å². The highest BCUT2D eigenvalue weighted by atomic mass is 19.3. The van der Waals surface area contributed by atoms with Crippen LogP contribution in [0.4, 0.5) is 8.78 Å². The van der Waals surface area contributed by atoms with Gasteiger partial charge in [-0.05, 0) is 38.0 Å². The van der Waals surface area contributed by atoms with Gasteiger partial charge in [-0.15, -0.1) is 0 Å². The molecule has 0 aromatic heterocycles. The van der Waals surface area contributed by atoms with Crippen LogP contribution in [0.3, 0.4) is 0 Å². The molecule has 2 rings (SSSR count). The minimum atomic E-state index is -3.78. The second-order valence-electron chi connectivity index (χ2n) is 6.42. The number of carbonyl (C=O) groups excluding carboxylic acids is 2. The molecule has 0 heterocycles. The van der Waals surface area contributed by atoms with Crippen LogP contribution >= 0.6 is 0 Å². The fraction of sp³-hybridized carbons (Fsp3) is 0.867. The lowest BCUT2D eigenvalue weighted by atomic mass is 9.75. The van der Waals surface area contributed by atoms with E-state index in [0.29, 0.717) is 18.8 Å². The molecule has 2 amide bonds. The summed E-state index contributed by atoms with van der Waals surface area (Å²) in [7, 11) is 0. The number of carbonyl (C=O) groups is 2. The molecule has 0 spiro atoms. The van der Waals surface area contributed by atoms with Crippen LogP contribution in [0.15, 0.2) is 0 Å². The van der Waals surface area contributed by atoms with Crippen molar-refractivity contribution in [1.29, 1.82) is 0 Å². The number of alkyl halides is 2.